The van der Waals surface area contributed by atoms with Gasteiger partial charge in [-0.2, -0.15) is 0 Å². The van der Waals surface area contributed by atoms with Crippen LogP contribution in [0.1, 0.15) is 23.2 Å². The van der Waals surface area contributed by atoms with Gasteiger partial charge in [0.25, 0.3) is 0 Å². The van der Waals surface area contributed by atoms with Crippen molar-refractivity contribution in [3.8, 4) is 0 Å². The molecule has 0 aliphatic rings. The SMILES string of the molecule is Cc1cccc(C)c1NC(=O)CCc1cc2c(cn1)[nH]c1ccccc12. The maximum absolute atomic E-state index is 12.4. The van der Waals surface area contributed by atoms with Crippen molar-refractivity contribution in [2.75, 3.05) is 5.32 Å². The van der Waals surface area contributed by atoms with Crippen LogP contribution in [0.15, 0.2) is 54.7 Å². The number of nitrogens with one attached hydrogen (secondary N) is 2. The molecule has 2 aromatic carbocycles. The molecule has 4 rings (SSSR count). The van der Waals surface area contributed by atoms with E-state index in [0.29, 0.717) is 12.8 Å². The van der Waals surface area contributed by atoms with Gasteiger partial charge in [0.05, 0.1) is 11.7 Å². The number of amides is 1. The number of rotatable bonds is 4. The molecule has 0 spiro atoms. The zero-order valence-electron chi connectivity index (χ0n) is 15.0. The Labute approximate surface area is 152 Å². The van der Waals surface area contributed by atoms with E-state index in [-0.39, 0.29) is 5.91 Å². The van der Waals surface area contributed by atoms with Crippen molar-refractivity contribution < 1.29 is 4.79 Å². The number of carbonyl (C=O) groups is 1. The molecule has 0 atom stereocenters. The fourth-order valence-electron chi connectivity index (χ4n) is 3.39. The summed E-state index contributed by atoms with van der Waals surface area (Å²) in [5, 5.41) is 5.38. The van der Waals surface area contributed by atoms with Crippen molar-refractivity contribution in [2.24, 2.45) is 0 Å². The van der Waals surface area contributed by atoms with Crippen LogP contribution >= 0.6 is 0 Å². The van der Waals surface area contributed by atoms with Crippen molar-refractivity contribution >= 4 is 33.4 Å². The molecule has 2 N–H and O–H groups in total. The summed E-state index contributed by atoms with van der Waals surface area (Å²) in [6, 6.07) is 16.3. The van der Waals surface area contributed by atoms with Gasteiger partial charge in [-0.15, -0.1) is 0 Å². The molecular formula is C22H21N3O. The van der Waals surface area contributed by atoms with Crippen molar-refractivity contribution in [3.63, 3.8) is 0 Å². The van der Waals surface area contributed by atoms with Crippen molar-refractivity contribution in [2.45, 2.75) is 26.7 Å². The molecule has 0 saturated carbocycles. The minimum atomic E-state index is 0.0169. The van der Waals surface area contributed by atoms with Crippen LogP contribution in [0.2, 0.25) is 0 Å². The molecule has 26 heavy (non-hydrogen) atoms. The van der Waals surface area contributed by atoms with Gasteiger partial charge in [-0.05, 0) is 43.5 Å². The monoisotopic (exact) mass is 343 g/mol. The number of anilines is 1. The van der Waals surface area contributed by atoms with Crippen molar-refractivity contribution in [1.82, 2.24) is 9.97 Å². The van der Waals surface area contributed by atoms with Crippen molar-refractivity contribution in [3.05, 3.63) is 71.5 Å². The number of para-hydroxylation sites is 2. The topological polar surface area (TPSA) is 57.8 Å². The molecule has 0 saturated heterocycles. The maximum atomic E-state index is 12.4. The largest absolute Gasteiger partial charge is 0.353 e. The average molecular weight is 343 g/mol. The van der Waals surface area contributed by atoms with Gasteiger partial charge >= 0.3 is 0 Å². The quantitative estimate of drug-likeness (QED) is 0.553. The van der Waals surface area contributed by atoms with E-state index in [4.69, 9.17) is 0 Å². The number of hydrogen-bond acceptors (Lipinski definition) is 2. The number of aryl methyl sites for hydroxylation is 3. The molecule has 2 heterocycles. The summed E-state index contributed by atoms with van der Waals surface area (Å²) in [5.74, 6) is 0.0169. The van der Waals surface area contributed by atoms with Crippen LogP contribution in [0.3, 0.4) is 0 Å². The van der Waals surface area contributed by atoms with E-state index in [2.05, 4.69) is 33.5 Å². The third-order valence-corrected chi connectivity index (χ3v) is 4.80. The Hall–Kier alpha value is -3.14. The lowest BCUT2D eigenvalue weighted by Crippen LogP contribution is -2.14. The van der Waals surface area contributed by atoms with Gasteiger partial charge in [0.15, 0.2) is 0 Å². The van der Waals surface area contributed by atoms with E-state index in [1.54, 1.807) is 0 Å². The lowest BCUT2D eigenvalue weighted by Gasteiger charge is -2.11. The van der Waals surface area contributed by atoms with E-state index in [1.807, 2.05) is 50.4 Å². The number of fused-ring (bicyclic) bond motifs is 3. The summed E-state index contributed by atoms with van der Waals surface area (Å²) in [5.41, 5.74) is 6.13. The van der Waals surface area contributed by atoms with E-state index in [1.165, 1.54) is 5.39 Å². The smallest absolute Gasteiger partial charge is 0.224 e. The number of nitrogens with zero attached hydrogens (tertiary/aromatic N) is 1. The highest BCUT2D eigenvalue weighted by atomic mass is 16.1. The van der Waals surface area contributed by atoms with Gasteiger partial charge in [0, 0.05) is 34.1 Å². The molecule has 0 fully saturated rings. The first-order chi connectivity index (χ1) is 12.6. The summed E-state index contributed by atoms with van der Waals surface area (Å²) in [6.45, 7) is 4.02. The van der Waals surface area contributed by atoms with Gasteiger partial charge in [-0.1, -0.05) is 36.4 Å². The number of aromatic nitrogens is 2. The number of benzene rings is 2. The first-order valence-electron chi connectivity index (χ1n) is 8.83. The minimum Gasteiger partial charge on any atom is -0.353 e. The number of pyridine rings is 1. The zero-order valence-corrected chi connectivity index (χ0v) is 15.0. The fourth-order valence-corrected chi connectivity index (χ4v) is 3.39. The predicted octanol–water partition coefficient (Wildman–Crippen LogP) is 4.90. The third-order valence-electron chi connectivity index (χ3n) is 4.80. The lowest BCUT2D eigenvalue weighted by atomic mass is 10.1. The Kier molecular flexibility index (Phi) is 4.17. The van der Waals surface area contributed by atoms with Gasteiger partial charge in [-0.3, -0.25) is 9.78 Å². The molecular weight excluding hydrogens is 322 g/mol. The first kappa shape index (κ1) is 16.3. The third kappa shape index (κ3) is 3.06. The standard InChI is InChI=1S/C22H21N3O/c1-14-6-5-7-15(2)22(14)25-21(26)11-10-16-12-18-17-8-3-4-9-19(17)24-20(18)13-23-16/h3-9,12-13,24H,10-11H2,1-2H3,(H,25,26). The first-order valence-corrected chi connectivity index (χ1v) is 8.83. The number of aromatic amines is 1. The van der Waals surface area contributed by atoms with Gasteiger partial charge in [0.2, 0.25) is 5.91 Å². The van der Waals surface area contributed by atoms with Crippen LogP contribution in [0.5, 0.6) is 0 Å². The Morgan fingerprint density at radius 3 is 2.58 bits per heavy atom. The van der Waals surface area contributed by atoms with Crippen molar-refractivity contribution in [1.29, 1.82) is 0 Å². The van der Waals surface area contributed by atoms with Crippen LogP contribution < -0.4 is 5.32 Å². The number of carbonyl (C=O) groups excluding carboxylic acids is 1. The molecule has 0 aliphatic heterocycles. The molecule has 2 aromatic heterocycles. The highest BCUT2D eigenvalue weighted by Crippen LogP contribution is 2.25. The van der Waals surface area contributed by atoms with E-state index in [0.717, 1.165) is 38.9 Å². The molecule has 0 aliphatic carbocycles. The van der Waals surface area contributed by atoms with Crippen LogP contribution in [-0.2, 0) is 11.2 Å². The van der Waals surface area contributed by atoms with Gasteiger partial charge in [-0.25, -0.2) is 0 Å². The molecule has 1 amide bonds. The molecule has 4 aromatic rings. The fraction of sp³-hybridized carbons (Fsp3) is 0.182. The second-order valence-electron chi connectivity index (χ2n) is 6.71. The summed E-state index contributed by atoms with van der Waals surface area (Å²) >= 11 is 0. The van der Waals surface area contributed by atoms with E-state index in [9.17, 15) is 4.79 Å². The summed E-state index contributed by atoms with van der Waals surface area (Å²) < 4.78 is 0. The highest BCUT2D eigenvalue weighted by Gasteiger charge is 2.10. The molecule has 0 unspecified atom stereocenters. The molecule has 4 nitrogen and oxygen atoms in total. The maximum Gasteiger partial charge on any atom is 0.224 e. The minimum absolute atomic E-state index is 0.0169. The molecule has 0 bridgehead atoms. The Morgan fingerprint density at radius 2 is 1.77 bits per heavy atom. The van der Waals surface area contributed by atoms with Gasteiger partial charge in [0.1, 0.15) is 0 Å². The van der Waals surface area contributed by atoms with E-state index >= 15 is 0 Å². The second kappa shape index (κ2) is 6.64. The molecule has 130 valence electrons. The Morgan fingerprint density at radius 1 is 1.00 bits per heavy atom. The van der Waals surface area contributed by atoms with Crippen LogP contribution in [0, 0.1) is 13.8 Å². The summed E-state index contributed by atoms with van der Waals surface area (Å²) in [4.78, 5) is 20.2. The average Bonchev–Trinajstić information content (AvgIpc) is 3.01. The number of hydrogen-bond donors (Lipinski definition) is 2. The Balaban J connectivity index is 1.50. The summed E-state index contributed by atoms with van der Waals surface area (Å²) in [7, 11) is 0. The Bertz CT molecular complexity index is 1090. The predicted molar refractivity (Wildman–Crippen MR) is 106 cm³/mol. The van der Waals surface area contributed by atoms with E-state index < -0.39 is 0 Å². The highest BCUT2D eigenvalue weighted by molar-refractivity contribution is 6.07. The molecule has 4 heteroatoms. The normalized spacial score (nSPS) is 11.2. The van der Waals surface area contributed by atoms with Crippen LogP contribution in [0.4, 0.5) is 5.69 Å². The van der Waals surface area contributed by atoms with Gasteiger partial charge < -0.3 is 10.3 Å². The zero-order chi connectivity index (χ0) is 18.1. The lowest BCUT2D eigenvalue weighted by molar-refractivity contribution is -0.116. The number of H-pyrrole nitrogens is 1. The summed E-state index contributed by atoms with van der Waals surface area (Å²) in [6.07, 6.45) is 2.88. The van der Waals surface area contributed by atoms with Crippen LogP contribution in [0.25, 0.3) is 21.8 Å². The van der Waals surface area contributed by atoms with Crippen LogP contribution in [-0.4, -0.2) is 15.9 Å². The molecule has 0 radical (unpaired) electrons. The second-order valence-corrected chi connectivity index (χ2v) is 6.71.